The molecule has 35 nitrogen and oxygen atoms in total. The van der Waals surface area contributed by atoms with Crippen LogP contribution in [0.3, 0.4) is 0 Å². The number of unbranched alkanes of at least 4 members (excludes halogenated alkanes) is 2. The molecule has 0 bridgehead atoms. The van der Waals surface area contributed by atoms with Crippen molar-refractivity contribution in [2.45, 2.75) is 165 Å². The second kappa shape index (κ2) is 49.4. The number of thiol groups is 4. The SMILES string of the molecule is CC(=O)NC1[C@H](OCCCCOP(=O)(S)OCCCOCC(COCCCOP(=O)(S)OCCCCO[C@@H]2OC(CO)[C@@H](O)[C@H](O)C2C)(COCCCOP(=O)(S)OCCCO[C@@H]2OC(CO)[C@H](O)[C@H](O)C2C)COCCCOP(=O)(S)OC(=O)OCc2ccccc2)OC(CO)[C@@H](O)[C@@H]1O. The summed E-state index contributed by atoms with van der Waals surface area (Å²) in [5.74, 6) is -1.70. The number of amides is 1. The summed E-state index contributed by atoms with van der Waals surface area (Å²) in [5.41, 5.74) is -0.463. The van der Waals surface area contributed by atoms with Crippen LogP contribution < -0.4 is 5.32 Å². The van der Waals surface area contributed by atoms with Crippen LogP contribution in [-0.4, -0.2) is 277 Å². The Kier molecular flexibility index (Phi) is 45.3. The van der Waals surface area contributed by atoms with E-state index in [1.54, 1.807) is 44.2 Å². The van der Waals surface area contributed by atoms with Crippen molar-refractivity contribution < 1.29 is 162 Å². The van der Waals surface area contributed by atoms with Crippen molar-refractivity contribution in [3.05, 3.63) is 35.9 Å². The van der Waals surface area contributed by atoms with Crippen molar-refractivity contribution in [2.24, 2.45) is 17.3 Å². The third-order valence-corrected chi connectivity index (χ3v) is 22.0. The number of nitrogens with one attached hydrogen (secondary N) is 1. The molecule has 20 atom stereocenters. The molecule has 43 heteroatoms. The van der Waals surface area contributed by atoms with Crippen molar-refractivity contribution in [3.63, 3.8) is 0 Å². The van der Waals surface area contributed by atoms with Gasteiger partial charge in [-0.3, -0.25) is 9.32 Å². The van der Waals surface area contributed by atoms with Gasteiger partial charge in [-0.1, -0.05) is 80.9 Å². The number of hydrogen-bond donors (Lipinski definition) is 14. The van der Waals surface area contributed by atoms with E-state index in [2.05, 4.69) is 54.3 Å². The second-order valence-electron chi connectivity index (χ2n) is 23.9. The number of hydrogen-bond acceptors (Lipinski definition) is 34. The minimum Gasteiger partial charge on any atom is -0.429 e. The molecule has 0 spiro atoms. The zero-order valence-electron chi connectivity index (χ0n) is 56.8. The van der Waals surface area contributed by atoms with Gasteiger partial charge in [-0.05, 0) is 75.6 Å². The normalized spacial score (nSPS) is 28.6. The van der Waals surface area contributed by atoms with Gasteiger partial charge in [0.1, 0.15) is 55.4 Å². The number of aliphatic hydroxyl groups excluding tert-OH is 9. The van der Waals surface area contributed by atoms with Crippen molar-refractivity contribution >= 4 is 88.2 Å². The number of carbonyl (C=O) groups is 2. The number of carbonyl (C=O) groups excluding carboxylic acids is 2. The summed E-state index contributed by atoms with van der Waals surface area (Å²) in [5, 5.41) is 92.8. The monoisotopic (exact) mass is 1610 g/mol. The number of ether oxygens (including phenoxy) is 11. The molecule has 101 heavy (non-hydrogen) atoms. The fourth-order valence-electron chi connectivity index (χ4n) is 9.78. The first-order valence-electron chi connectivity index (χ1n) is 33.0. The van der Waals surface area contributed by atoms with Crippen LogP contribution in [0, 0.1) is 17.3 Å². The highest BCUT2D eigenvalue weighted by Gasteiger charge is 2.47. The lowest BCUT2D eigenvalue weighted by Crippen LogP contribution is -2.64. The van der Waals surface area contributed by atoms with Crippen molar-refractivity contribution in [3.8, 4) is 0 Å². The van der Waals surface area contributed by atoms with Gasteiger partial charge in [0.15, 0.2) is 18.9 Å². The van der Waals surface area contributed by atoms with Crippen molar-refractivity contribution in [1.29, 1.82) is 0 Å². The summed E-state index contributed by atoms with van der Waals surface area (Å²) in [6, 6.07) is 7.57. The van der Waals surface area contributed by atoms with Crippen LogP contribution in [0.5, 0.6) is 0 Å². The average molecular weight is 1610 g/mol. The van der Waals surface area contributed by atoms with Gasteiger partial charge in [0.25, 0.3) is 0 Å². The van der Waals surface area contributed by atoms with Gasteiger partial charge in [-0.2, -0.15) is 0 Å². The second-order valence-corrected chi connectivity index (χ2v) is 35.5. The molecule has 1 aromatic carbocycles. The fourth-order valence-corrected chi connectivity index (χ4v) is 14.7. The molecule has 4 rings (SSSR count). The smallest absolute Gasteiger partial charge is 0.429 e. The maximum Gasteiger partial charge on any atom is 0.515 e. The first kappa shape index (κ1) is 92.6. The van der Waals surface area contributed by atoms with Gasteiger partial charge >= 0.3 is 33.3 Å². The maximum absolute atomic E-state index is 13.1. The Labute approximate surface area is 609 Å². The van der Waals surface area contributed by atoms with Gasteiger partial charge in [0.05, 0.1) is 117 Å². The summed E-state index contributed by atoms with van der Waals surface area (Å²) in [6.45, 7) is -14.1. The molecule has 3 aliphatic rings. The number of benzene rings is 1. The molecule has 1 amide bonds. The molecule has 3 saturated heterocycles. The van der Waals surface area contributed by atoms with Crippen molar-refractivity contribution in [1.82, 2.24) is 5.32 Å². The minimum atomic E-state index is -4.24. The molecule has 0 radical (unpaired) electrons. The Hall–Kier alpha value is -0.760. The molecule has 1 aromatic rings. The minimum absolute atomic E-state index is 0.0129. The predicted octanol–water partition coefficient (Wildman–Crippen LogP) is 4.32. The molecule has 3 heterocycles. The molecule has 3 fully saturated rings. The van der Waals surface area contributed by atoms with E-state index in [1.807, 2.05) is 0 Å². The van der Waals surface area contributed by atoms with Crippen LogP contribution in [0.25, 0.3) is 0 Å². The summed E-state index contributed by atoms with van der Waals surface area (Å²) in [6.07, 6.45) is -13.1. The van der Waals surface area contributed by atoms with E-state index in [4.69, 9.17) is 88.3 Å². The van der Waals surface area contributed by atoms with Crippen molar-refractivity contribution in [2.75, 3.05) is 139 Å². The molecular formula is C58H105NO34P4S4. The summed E-state index contributed by atoms with van der Waals surface area (Å²) in [7, 11) is 0. The third kappa shape index (κ3) is 36.5. The highest BCUT2D eigenvalue weighted by Crippen LogP contribution is 2.55. The Balaban J connectivity index is 1.33. The topological polar surface area (TPSA) is 472 Å². The van der Waals surface area contributed by atoms with Gasteiger partial charge in [0.2, 0.25) is 5.91 Å². The van der Waals surface area contributed by atoms with Crippen LogP contribution in [0.2, 0.25) is 0 Å². The van der Waals surface area contributed by atoms with E-state index in [1.165, 1.54) is 6.92 Å². The lowest BCUT2D eigenvalue weighted by atomic mass is 9.92. The fraction of sp³-hybridized carbons (Fsp3) is 0.862. The zero-order valence-corrected chi connectivity index (χ0v) is 63.9. The molecule has 10 N–H and O–H groups in total. The van der Waals surface area contributed by atoms with E-state index in [9.17, 15) is 73.8 Å². The van der Waals surface area contributed by atoms with Crippen LogP contribution in [0.1, 0.15) is 84.1 Å². The lowest BCUT2D eigenvalue weighted by molar-refractivity contribution is -0.282. The van der Waals surface area contributed by atoms with E-state index < -0.39 is 156 Å². The zero-order chi connectivity index (χ0) is 74.5. The van der Waals surface area contributed by atoms with Crippen LogP contribution in [0.4, 0.5) is 4.79 Å². The van der Waals surface area contributed by atoms with E-state index in [0.717, 1.165) is 0 Å². The molecule has 3 aliphatic heterocycles. The number of rotatable bonds is 55. The quantitative estimate of drug-likeness (QED) is 0.0187. The third-order valence-electron chi connectivity index (χ3n) is 15.4. The average Bonchev–Trinajstić information content (AvgIpc) is 0.834. The summed E-state index contributed by atoms with van der Waals surface area (Å²) in [4.78, 5) is 24.1. The van der Waals surface area contributed by atoms with E-state index in [-0.39, 0.29) is 158 Å². The van der Waals surface area contributed by atoms with E-state index >= 15 is 0 Å². The van der Waals surface area contributed by atoms with E-state index in [0.29, 0.717) is 31.2 Å². The molecule has 590 valence electrons. The van der Waals surface area contributed by atoms with Gasteiger partial charge in [-0.15, -0.1) is 0 Å². The molecular weight excluding hydrogens is 1510 g/mol. The van der Waals surface area contributed by atoms with Gasteiger partial charge < -0.3 is 135 Å². The number of aliphatic hydroxyl groups is 9. The molecule has 0 aliphatic carbocycles. The lowest BCUT2D eigenvalue weighted by Gasteiger charge is -2.42. The summed E-state index contributed by atoms with van der Waals surface area (Å²) < 4.78 is 159. The Morgan fingerprint density at radius 1 is 0.446 bits per heavy atom. The standard InChI is InChI=1S/C58H105NO34P4S4/c1-40-48(64)50(66)44(32-60)90-54(40)79-22-7-9-25-83-94(71,98)85-27-11-18-75-36-58(39-78-21-14-30-89-97(74,101)93-57(70)82-35-43-16-5-4-6-17-43,38-77-20-13-29-87-96(73,100)88-31-15-24-80-55-41(2)49(65)51(67)45(33-61)91-55)37-76-19-12-28-86-95(72,99)84-26-10-8-23-81-56-47(59-42(3)63)53(69)52(68)46(34-62)92-56/h4-6,16-17,40-41,44-56,60-62,64-69H,7-15,18-39H2,1-3H3,(H,59,63)(H,71,98)(H,72,99)(H,73,100)(H,74,101)/t40?,41?,44?,45?,46?,47?,48-,49-,50-,51+,52-,53-,54-,55-,56-,58?,94?,95?,96?,97?/m1/s1. The van der Waals surface area contributed by atoms with Gasteiger partial charge in [-0.25, -0.2) is 23.1 Å². The molecule has 11 unspecified atom stereocenters. The van der Waals surface area contributed by atoms with Gasteiger partial charge in [0, 0.05) is 58.4 Å². The highest BCUT2D eigenvalue weighted by atomic mass is 32.7. The Bertz CT molecular complexity index is 2650. The highest BCUT2D eigenvalue weighted by molar-refractivity contribution is 8.45. The van der Waals surface area contributed by atoms with Crippen LogP contribution in [0.15, 0.2) is 30.3 Å². The first-order valence-corrected chi connectivity index (χ1v) is 43.8. The predicted molar refractivity (Wildman–Crippen MR) is 370 cm³/mol. The Morgan fingerprint density at radius 2 is 0.762 bits per heavy atom. The van der Waals surface area contributed by atoms with Crippen LogP contribution in [-0.2, 0) is 118 Å². The molecule has 0 saturated carbocycles. The maximum atomic E-state index is 13.1. The molecule has 0 aromatic heterocycles. The Morgan fingerprint density at radius 3 is 1.14 bits per heavy atom. The first-order chi connectivity index (χ1) is 48.0. The summed E-state index contributed by atoms with van der Waals surface area (Å²) >= 11 is 16.2. The van der Waals surface area contributed by atoms with Crippen LogP contribution >= 0.6 is 76.2 Å². The largest absolute Gasteiger partial charge is 0.515 e.